The van der Waals surface area contributed by atoms with Gasteiger partial charge in [-0.1, -0.05) is 0 Å². The van der Waals surface area contributed by atoms with Crippen LogP contribution in [-0.2, 0) is 28.8 Å². The lowest BCUT2D eigenvalue weighted by Crippen LogP contribution is -2.47. The van der Waals surface area contributed by atoms with Gasteiger partial charge in [0.2, 0.25) is 0 Å². The van der Waals surface area contributed by atoms with Crippen molar-refractivity contribution >= 4 is 35.8 Å². The summed E-state index contributed by atoms with van der Waals surface area (Å²) in [7, 11) is 0. The SMILES string of the molecule is O=C(O)CNCCN(CCN(CCN(CCN(CCNCC(=O)O)CC(=O)O)CC(=O)O)CC(=O)O)CC(=O)O. The summed E-state index contributed by atoms with van der Waals surface area (Å²) in [6, 6.07) is 0. The number of hydrogen-bond donors (Lipinski definition) is 8. The Kier molecular flexibility index (Phi) is 19.6. The van der Waals surface area contributed by atoms with Gasteiger partial charge in [0.25, 0.3) is 0 Å². The first kappa shape index (κ1) is 36.6. The molecule has 0 spiro atoms. The molecule has 18 nitrogen and oxygen atoms in total. The number of hydrogen-bond acceptors (Lipinski definition) is 12. The summed E-state index contributed by atoms with van der Waals surface area (Å²) in [6.07, 6.45) is 0. The van der Waals surface area contributed by atoms with E-state index < -0.39 is 35.8 Å². The Morgan fingerprint density at radius 3 is 0.800 bits per heavy atom. The summed E-state index contributed by atoms with van der Waals surface area (Å²) in [6.45, 7) is -0.435. The van der Waals surface area contributed by atoms with Gasteiger partial charge in [-0.2, -0.15) is 0 Å². The smallest absolute Gasteiger partial charge is 0.317 e. The molecular formula is C22H40N6O12. The maximum atomic E-state index is 11.4. The zero-order valence-electron chi connectivity index (χ0n) is 22.2. The van der Waals surface area contributed by atoms with Crippen LogP contribution in [0.15, 0.2) is 0 Å². The number of nitrogens with one attached hydrogen (secondary N) is 2. The van der Waals surface area contributed by atoms with Gasteiger partial charge >= 0.3 is 35.8 Å². The van der Waals surface area contributed by atoms with Crippen molar-refractivity contribution in [2.75, 3.05) is 105 Å². The van der Waals surface area contributed by atoms with Crippen LogP contribution in [0.4, 0.5) is 0 Å². The van der Waals surface area contributed by atoms with Crippen molar-refractivity contribution in [3.05, 3.63) is 0 Å². The molecule has 40 heavy (non-hydrogen) atoms. The lowest BCUT2D eigenvalue weighted by Gasteiger charge is -2.29. The van der Waals surface area contributed by atoms with Crippen molar-refractivity contribution in [1.82, 2.24) is 30.2 Å². The van der Waals surface area contributed by atoms with Crippen molar-refractivity contribution in [3.8, 4) is 0 Å². The lowest BCUT2D eigenvalue weighted by molar-refractivity contribution is -0.140. The Bertz CT molecular complexity index is 764. The summed E-state index contributed by atoms with van der Waals surface area (Å²) in [4.78, 5) is 72.5. The van der Waals surface area contributed by atoms with Gasteiger partial charge in [-0.3, -0.25) is 48.4 Å². The molecule has 0 aliphatic rings. The highest BCUT2D eigenvalue weighted by atomic mass is 16.4. The molecular weight excluding hydrogens is 540 g/mol. The van der Waals surface area contributed by atoms with E-state index in [1.54, 1.807) is 0 Å². The fourth-order valence-corrected chi connectivity index (χ4v) is 3.56. The number of carboxylic acid groups (broad SMARTS) is 6. The van der Waals surface area contributed by atoms with E-state index in [-0.39, 0.29) is 105 Å². The summed E-state index contributed by atoms with van der Waals surface area (Å²) in [5, 5.41) is 59.6. The first-order chi connectivity index (χ1) is 18.8. The molecule has 0 rings (SSSR count). The topological polar surface area (TPSA) is 261 Å². The van der Waals surface area contributed by atoms with E-state index in [4.69, 9.17) is 20.4 Å². The van der Waals surface area contributed by atoms with Crippen molar-refractivity contribution < 1.29 is 59.4 Å². The maximum Gasteiger partial charge on any atom is 0.317 e. The molecule has 0 aromatic carbocycles. The monoisotopic (exact) mass is 580 g/mol. The first-order valence-electron chi connectivity index (χ1n) is 12.4. The van der Waals surface area contributed by atoms with Gasteiger partial charge in [0, 0.05) is 65.4 Å². The van der Waals surface area contributed by atoms with Gasteiger partial charge in [0.15, 0.2) is 0 Å². The molecule has 8 N–H and O–H groups in total. The van der Waals surface area contributed by atoms with Crippen LogP contribution >= 0.6 is 0 Å². The molecule has 0 radical (unpaired) electrons. The summed E-state index contributed by atoms with van der Waals surface area (Å²) in [5.41, 5.74) is 0. The molecule has 0 atom stereocenters. The van der Waals surface area contributed by atoms with E-state index in [0.29, 0.717) is 0 Å². The highest BCUT2D eigenvalue weighted by Gasteiger charge is 2.18. The highest BCUT2D eigenvalue weighted by molar-refractivity contribution is 5.70. The standard InChI is InChI=1S/C22H40N6O12/c29-17(30)11-23-1-3-25(13-19(33)34)5-7-27(15-21(37)38)9-10-28(16-22(39)40)8-6-26(14-20(35)36)4-2-24-12-18(31)32/h23-24H,1-16H2,(H,29,30)(H,31,32)(H,33,34)(H,35,36)(H,37,38)(H,39,40). The Morgan fingerprint density at radius 1 is 0.375 bits per heavy atom. The van der Waals surface area contributed by atoms with E-state index in [2.05, 4.69) is 10.6 Å². The number of carbonyl (C=O) groups is 6. The van der Waals surface area contributed by atoms with Crippen LogP contribution in [-0.4, -0.2) is 191 Å². The van der Waals surface area contributed by atoms with Crippen LogP contribution in [0.25, 0.3) is 0 Å². The lowest BCUT2D eigenvalue weighted by atomic mass is 10.3. The maximum absolute atomic E-state index is 11.4. The molecule has 18 heteroatoms. The van der Waals surface area contributed by atoms with E-state index in [1.165, 1.54) is 19.6 Å². The minimum Gasteiger partial charge on any atom is -0.480 e. The van der Waals surface area contributed by atoms with Gasteiger partial charge in [-0.15, -0.1) is 0 Å². The van der Waals surface area contributed by atoms with Gasteiger partial charge < -0.3 is 41.3 Å². The first-order valence-corrected chi connectivity index (χ1v) is 12.4. The average Bonchev–Trinajstić information content (AvgIpc) is 2.82. The predicted octanol–water partition coefficient (Wildman–Crippen LogP) is -4.12. The number of carboxylic acids is 6. The zero-order valence-corrected chi connectivity index (χ0v) is 22.2. The van der Waals surface area contributed by atoms with Crippen LogP contribution in [0, 0.1) is 0 Å². The quantitative estimate of drug-likeness (QED) is 0.0429. The molecule has 0 aliphatic heterocycles. The highest BCUT2D eigenvalue weighted by Crippen LogP contribution is 1.98. The van der Waals surface area contributed by atoms with Crippen LogP contribution < -0.4 is 10.6 Å². The fourth-order valence-electron chi connectivity index (χ4n) is 3.56. The Morgan fingerprint density at radius 2 is 0.600 bits per heavy atom. The predicted molar refractivity (Wildman–Crippen MR) is 137 cm³/mol. The number of aliphatic carboxylic acids is 6. The third-order valence-corrected chi connectivity index (χ3v) is 5.39. The molecule has 0 bridgehead atoms. The molecule has 0 saturated carbocycles. The van der Waals surface area contributed by atoms with Gasteiger partial charge in [0.05, 0.1) is 39.3 Å². The molecule has 0 aromatic heterocycles. The van der Waals surface area contributed by atoms with E-state index in [1.807, 2.05) is 0 Å². The van der Waals surface area contributed by atoms with Crippen molar-refractivity contribution in [1.29, 1.82) is 0 Å². The van der Waals surface area contributed by atoms with Crippen LogP contribution in [0.1, 0.15) is 0 Å². The average molecular weight is 581 g/mol. The third kappa shape index (κ3) is 22.6. The van der Waals surface area contributed by atoms with Crippen LogP contribution in [0.5, 0.6) is 0 Å². The molecule has 0 aliphatic carbocycles. The van der Waals surface area contributed by atoms with Crippen LogP contribution in [0.2, 0.25) is 0 Å². The second-order valence-electron chi connectivity index (χ2n) is 8.82. The van der Waals surface area contributed by atoms with Crippen LogP contribution in [0.3, 0.4) is 0 Å². The summed E-state index contributed by atoms with van der Waals surface area (Å²) in [5.74, 6) is -6.63. The summed E-state index contributed by atoms with van der Waals surface area (Å²) >= 11 is 0. The minimum atomic E-state index is -1.14. The molecule has 0 fully saturated rings. The summed E-state index contributed by atoms with van der Waals surface area (Å²) < 4.78 is 0. The normalized spacial score (nSPS) is 11.4. The van der Waals surface area contributed by atoms with Gasteiger partial charge in [0.1, 0.15) is 0 Å². The Labute approximate surface area is 230 Å². The van der Waals surface area contributed by atoms with E-state index in [9.17, 15) is 39.0 Å². The van der Waals surface area contributed by atoms with Gasteiger partial charge in [-0.05, 0) is 0 Å². The number of nitrogens with zero attached hydrogens (tertiary/aromatic N) is 4. The molecule has 0 unspecified atom stereocenters. The third-order valence-electron chi connectivity index (χ3n) is 5.39. The van der Waals surface area contributed by atoms with Gasteiger partial charge in [-0.25, -0.2) is 0 Å². The minimum absolute atomic E-state index is 0.122. The molecule has 0 amide bonds. The molecule has 0 saturated heterocycles. The zero-order chi connectivity index (χ0) is 30.5. The fraction of sp³-hybridized carbons (Fsp3) is 0.727. The second-order valence-corrected chi connectivity index (χ2v) is 8.82. The van der Waals surface area contributed by atoms with Crippen molar-refractivity contribution in [2.45, 2.75) is 0 Å². The number of rotatable bonds is 27. The second kappa shape index (κ2) is 21.4. The Hall–Kier alpha value is -3.42. The van der Waals surface area contributed by atoms with E-state index >= 15 is 0 Å². The molecule has 0 aromatic rings. The van der Waals surface area contributed by atoms with E-state index in [0.717, 1.165) is 0 Å². The largest absolute Gasteiger partial charge is 0.480 e. The van der Waals surface area contributed by atoms with Crippen molar-refractivity contribution in [2.24, 2.45) is 0 Å². The Balaban J connectivity index is 5.11. The molecule has 0 heterocycles. The van der Waals surface area contributed by atoms with Crippen molar-refractivity contribution in [3.63, 3.8) is 0 Å². The molecule has 230 valence electrons.